The molecule has 0 radical (unpaired) electrons. The monoisotopic (exact) mass is 196 g/mol. The van der Waals surface area contributed by atoms with Crippen LogP contribution in [0.1, 0.15) is 17.3 Å². The van der Waals surface area contributed by atoms with Crippen LogP contribution in [0.25, 0.3) is 0 Å². The van der Waals surface area contributed by atoms with E-state index in [0.717, 1.165) is 0 Å². The number of nitrogens with two attached hydrogens (primary N) is 1. The number of hydrogen-bond acceptors (Lipinski definition) is 4. The minimum Gasteiger partial charge on any atom is -0.493 e. The average molecular weight is 196 g/mol. The second kappa shape index (κ2) is 4.48. The number of hydrogen-bond donors (Lipinski definition) is 3. The van der Waals surface area contributed by atoms with E-state index < -0.39 is 5.91 Å². The summed E-state index contributed by atoms with van der Waals surface area (Å²) in [6.45, 7) is 2.22. The zero-order valence-electron chi connectivity index (χ0n) is 7.78. The van der Waals surface area contributed by atoms with Crippen molar-refractivity contribution in [1.29, 1.82) is 0 Å². The van der Waals surface area contributed by atoms with E-state index in [4.69, 9.17) is 15.7 Å². The van der Waals surface area contributed by atoms with E-state index >= 15 is 0 Å². The van der Waals surface area contributed by atoms with Crippen molar-refractivity contribution in [3.8, 4) is 5.75 Å². The molecule has 0 heterocycles. The van der Waals surface area contributed by atoms with Crippen molar-refractivity contribution in [2.45, 2.75) is 6.92 Å². The van der Waals surface area contributed by atoms with E-state index in [1.54, 1.807) is 13.0 Å². The highest BCUT2D eigenvalue weighted by atomic mass is 16.5. The third-order valence-corrected chi connectivity index (χ3v) is 1.65. The van der Waals surface area contributed by atoms with Gasteiger partial charge in [0.05, 0.1) is 12.2 Å². The number of nitrogens with one attached hydrogen (secondary N) is 1. The number of anilines is 1. The molecule has 1 aromatic carbocycles. The summed E-state index contributed by atoms with van der Waals surface area (Å²) in [6.07, 6.45) is 0. The molecule has 14 heavy (non-hydrogen) atoms. The molecule has 0 spiro atoms. The van der Waals surface area contributed by atoms with Crippen LogP contribution in [0, 0.1) is 0 Å². The van der Waals surface area contributed by atoms with Crippen molar-refractivity contribution < 1.29 is 14.7 Å². The van der Waals surface area contributed by atoms with E-state index in [1.165, 1.54) is 17.6 Å². The van der Waals surface area contributed by atoms with Gasteiger partial charge in [0.1, 0.15) is 5.75 Å². The first-order valence-electron chi connectivity index (χ1n) is 4.15. The van der Waals surface area contributed by atoms with Crippen LogP contribution < -0.4 is 16.0 Å². The lowest BCUT2D eigenvalue weighted by atomic mass is 10.1. The van der Waals surface area contributed by atoms with Crippen LogP contribution in [0.5, 0.6) is 5.75 Å². The van der Waals surface area contributed by atoms with Gasteiger partial charge in [-0.3, -0.25) is 10.0 Å². The van der Waals surface area contributed by atoms with Crippen LogP contribution in [-0.2, 0) is 0 Å². The maximum atomic E-state index is 11.1. The van der Waals surface area contributed by atoms with Crippen LogP contribution in [0.3, 0.4) is 0 Å². The molecule has 0 unspecified atom stereocenters. The summed E-state index contributed by atoms with van der Waals surface area (Å²) in [5, 5.41) is 8.46. The Labute approximate surface area is 81.4 Å². The zero-order valence-corrected chi connectivity index (χ0v) is 7.78. The molecule has 0 aliphatic carbocycles. The van der Waals surface area contributed by atoms with E-state index in [0.29, 0.717) is 18.0 Å². The van der Waals surface area contributed by atoms with Crippen LogP contribution in [0.15, 0.2) is 18.2 Å². The quantitative estimate of drug-likeness (QED) is 0.379. The fourth-order valence-electron chi connectivity index (χ4n) is 1.06. The van der Waals surface area contributed by atoms with Gasteiger partial charge in [-0.2, -0.15) is 0 Å². The fourth-order valence-corrected chi connectivity index (χ4v) is 1.06. The van der Waals surface area contributed by atoms with Gasteiger partial charge in [0.15, 0.2) is 0 Å². The predicted molar refractivity (Wildman–Crippen MR) is 51.3 cm³/mol. The Morgan fingerprint density at radius 1 is 1.64 bits per heavy atom. The molecule has 0 bridgehead atoms. The van der Waals surface area contributed by atoms with Crippen LogP contribution >= 0.6 is 0 Å². The normalized spacial score (nSPS) is 9.57. The van der Waals surface area contributed by atoms with Gasteiger partial charge in [0.2, 0.25) is 0 Å². The number of carbonyl (C=O) groups is 1. The summed E-state index contributed by atoms with van der Waals surface area (Å²) in [4.78, 5) is 11.1. The van der Waals surface area contributed by atoms with Crippen molar-refractivity contribution >= 4 is 11.6 Å². The summed E-state index contributed by atoms with van der Waals surface area (Å²) in [6, 6.07) is 4.59. The topological polar surface area (TPSA) is 84.6 Å². The second-order valence-electron chi connectivity index (χ2n) is 2.63. The summed E-state index contributed by atoms with van der Waals surface area (Å²) < 4.78 is 5.19. The van der Waals surface area contributed by atoms with Gasteiger partial charge in [0.25, 0.3) is 5.91 Å². The minimum absolute atomic E-state index is 0.253. The number of benzene rings is 1. The zero-order chi connectivity index (χ0) is 10.6. The smallest absolute Gasteiger partial charge is 0.278 e. The highest BCUT2D eigenvalue weighted by Gasteiger charge is 2.11. The second-order valence-corrected chi connectivity index (χ2v) is 2.63. The number of hydroxylamine groups is 1. The maximum absolute atomic E-state index is 11.1. The van der Waals surface area contributed by atoms with Crippen molar-refractivity contribution in [3.05, 3.63) is 23.8 Å². The summed E-state index contributed by atoms with van der Waals surface area (Å²) in [5.74, 6) is -0.257. The number of nitrogen functional groups attached to an aromatic ring is 1. The van der Waals surface area contributed by atoms with Crippen LogP contribution in [-0.4, -0.2) is 17.7 Å². The summed E-state index contributed by atoms with van der Waals surface area (Å²) in [7, 11) is 0. The van der Waals surface area contributed by atoms with Gasteiger partial charge >= 0.3 is 0 Å². The fraction of sp³-hybridized carbons (Fsp3) is 0.222. The van der Waals surface area contributed by atoms with E-state index in [9.17, 15) is 4.79 Å². The molecule has 5 heteroatoms. The highest BCUT2D eigenvalue weighted by molar-refractivity contribution is 5.96. The molecule has 0 aliphatic rings. The van der Waals surface area contributed by atoms with Crippen molar-refractivity contribution in [2.24, 2.45) is 0 Å². The van der Waals surface area contributed by atoms with Gasteiger partial charge in [-0.25, -0.2) is 5.48 Å². The largest absolute Gasteiger partial charge is 0.493 e. The molecule has 1 rings (SSSR count). The van der Waals surface area contributed by atoms with Gasteiger partial charge in [-0.1, -0.05) is 0 Å². The van der Waals surface area contributed by atoms with Gasteiger partial charge in [-0.15, -0.1) is 0 Å². The first-order chi connectivity index (χ1) is 6.69. The molecule has 0 saturated carbocycles. The third kappa shape index (κ3) is 2.14. The number of carbonyl (C=O) groups excluding carboxylic acids is 1. The Bertz CT molecular complexity index is 339. The molecule has 0 aliphatic heterocycles. The highest BCUT2D eigenvalue weighted by Crippen LogP contribution is 2.21. The van der Waals surface area contributed by atoms with Crippen LogP contribution in [0.4, 0.5) is 5.69 Å². The molecule has 0 fully saturated rings. The van der Waals surface area contributed by atoms with Gasteiger partial charge in [-0.05, 0) is 19.1 Å². The number of ether oxygens (including phenoxy) is 1. The molecule has 5 nitrogen and oxygen atoms in total. The van der Waals surface area contributed by atoms with Gasteiger partial charge in [0, 0.05) is 11.8 Å². The molecule has 1 aromatic rings. The maximum Gasteiger partial charge on any atom is 0.278 e. The third-order valence-electron chi connectivity index (χ3n) is 1.65. The first-order valence-corrected chi connectivity index (χ1v) is 4.15. The minimum atomic E-state index is -0.617. The van der Waals surface area contributed by atoms with Crippen LogP contribution in [0.2, 0.25) is 0 Å². The predicted octanol–water partition coefficient (Wildman–Crippen LogP) is 0.786. The summed E-state index contributed by atoms with van der Waals surface area (Å²) in [5.41, 5.74) is 7.82. The standard InChI is InChI=1S/C9H12N2O3/c1-2-14-8-5-6(10)3-4-7(8)9(12)11-13/h3-5,13H,2,10H2,1H3,(H,11,12). The Balaban J connectivity index is 3.07. The average Bonchev–Trinajstić information content (AvgIpc) is 2.17. The molecule has 0 aromatic heterocycles. The van der Waals surface area contributed by atoms with Gasteiger partial charge < -0.3 is 10.5 Å². The van der Waals surface area contributed by atoms with E-state index in [1.807, 2.05) is 0 Å². The molecule has 4 N–H and O–H groups in total. The molecular formula is C9H12N2O3. The molecular weight excluding hydrogens is 184 g/mol. The molecule has 0 saturated heterocycles. The van der Waals surface area contributed by atoms with Crippen molar-refractivity contribution in [3.63, 3.8) is 0 Å². The van der Waals surface area contributed by atoms with Crippen molar-refractivity contribution in [1.82, 2.24) is 5.48 Å². The Morgan fingerprint density at radius 2 is 2.36 bits per heavy atom. The SMILES string of the molecule is CCOc1cc(N)ccc1C(=O)NO. The summed E-state index contributed by atoms with van der Waals surface area (Å²) >= 11 is 0. The number of rotatable bonds is 3. The molecule has 0 atom stereocenters. The lowest BCUT2D eigenvalue weighted by Gasteiger charge is -2.08. The van der Waals surface area contributed by atoms with E-state index in [-0.39, 0.29) is 5.56 Å². The number of amides is 1. The Morgan fingerprint density at radius 3 is 2.93 bits per heavy atom. The Hall–Kier alpha value is -1.75. The molecule has 1 amide bonds. The van der Waals surface area contributed by atoms with Crippen molar-refractivity contribution in [2.75, 3.05) is 12.3 Å². The lowest BCUT2D eigenvalue weighted by Crippen LogP contribution is -2.19. The lowest BCUT2D eigenvalue weighted by molar-refractivity contribution is 0.0702. The Kier molecular flexibility index (Phi) is 3.30. The van der Waals surface area contributed by atoms with E-state index in [2.05, 4.69) is 0 Å². The first kappa shape index (κ1) is 10.3. The molecule has 76 valence electrons.